The van der Waals surface area contributed by atoms with Gasteiger partial charge in [-0.2, -0.15) is 13.2 Å². The molecule has 5 rings (SSSR count). The second-order valence-electron chi connectivity index (χ2n) is 8.25. The number of fused-ring (bicyclic) bond motifs is 4. The summed E-state index contributed by atoms with van der Waals surface area (Å²) in [4.78, 5) is 13.1. The number of hydrogen-bond donors (Lipinski definition) is 2. The van der Waals surface area contributed by atoms with Crippen LogP contribution in [0.4, 0.5) is 13.2 Å². The van der Waals surface area contributed by atoms with E-state index in [1.807, 2.05) is 38.1 Å². The van der Waals surface area contributed by atoms with Gasteiger partial charge in [0.05, 0.1) is 5.56 Å². The van der Waals surface area contributed by atoms with E-state index in [2.05, 4.69) is 5.16 Å². The van der Waals surface area contributed by atoms with E-state index >= 15 is 0 Å². The molecule has 1 amide bonds. The van der Waals surface area contributed by atoms with Gasteiger partial charge in [0.2, 0.25) is 0 Å². The van der Waals surface area contributed by atoms with Gasteiger partial charge in [-0.15, -0.1) is 0 Å². The summed E-state index contributed by atoms with van der Waals surface area (Å²) in [6.07, 6.45) is -3.08. The number of alkyl halides is 3. The third-order valence-corrected chi connectivity index (χ3v) is 6.45. The summed E-state index contributed by atoms with van der Waals surface area (Å²) < 4.78 is 45.5. The van der Waals surface area contributed by atoms with E-state index in [1.165, 1.54) is 0 Å². The lowest BCUT2D eigenvalue weighted by molar-refractivity contribution is -0.189. The highest BCUT2D eigenvalue weighted by Gasteiger charge is 2.51. The van der Waals surface area contributed by atoms with Gasteiger partial charge in [-0.1, -0.05) is 54.9 Å². The number of benzene rings is 2. The van der Waals surface area contributed by atoms with Crippen LogP contribution in [0.15, 0.2) is 53.2 Å². The number of amides is 1. The Labute approximate surface area is 195 Å². The fourth-order valence-corrected chi connectivity index (χ4v) is 5.19. The number of piperidine rings is 1. The number of hydrogen-bond acceptors (Lipinski definition) is 4. The zero-order valence-electron chi connectivity index (χ0n) is 18.9. The van der Waals surface area contributed by atoms with E-state index < -0.39 is 24.2 Å². The SMILES string of the molecule is CC.N/C(=N\O)c1cccc2c1Oc1ccccc1C2=C1CC2CCC(C1)N2C(=O)C(F)(F)F. The third-order valence-electron chi connectivity index (χ3n) is 6.45. The van der Waals surface area contributed by atoms with Gasteiger partial charge in [-0.3, -0.25) is 4.79 Å². The molecule has 3 aliphatic rings. The minimum atomic E-state index is -4.88. The molecule has 2 fully saturated rings. The van der Waals surface area contributed by atoms with Crippen molar-refractivity contribution in [3.63, 3.8) is 0 Å². The topological polar surface area (TPSA) is 88.2 Å². The Balaban J connectivity index is 0.00000133. The van der Waals surface area contributed by atoms with E-state index in [0.717, 1.165) is 27.2 Å². The molecule has 0 saturated carbocycles. The number of oxime groups is 1. The van der Waals surface area contributed by atoms with Crippen molar-refractivity contribution in [1.82, 2.24) is 4.90 Å². The highest BCUT2D eigenvalue weighted by Crippen LogP contribution is 2.50. The predicted molar refractivity (Wildman–Crippen MR) is 122 cm³/mol. The second-order valence-corrected chi connectivity index (χ2v) is 8.25. The molecule has 0 radical (unpaired) electrons. The number of rotatable bonds is 1. The summed E-state index contributed by atoms with van der Waals surface area (Å²) in [6.45, 7) is 4.00. The molecule has 0 aromatic heterocycles. The number of carbonyl (C=O) groups excluding carboxylic acids is 1. The molecule has 2 unspecified atom stereocenters. The van der Waals surface area contributed by atoms with E-state index in [4.69, 9.17) is 10.5 Å². The summed E-state index contributed by atoms with van der Waals surface area (Å²) in [5.74, 6) is -0.834. The van der Waals surface area contributed by atoms with Crippen LogP contribution in [0.2, 0.25) is 0 Å². The summed E-state index contributed by atoms with van der Waals surface area (Å²) in [6, 6.07) is 11.7. The minimum Gasteiger partial charge on any atom is -0.455 e. The van der Waals surface area contributed by atoms with Crippen LogP contribution in [-0.4, -0.2) is 40.1 Å². The maximum absolute atomic E-state index is 13.1. The van der Waals surface area contributed by atoms with E-state index in [-0.39, 0.29) is 5.84 Å². The molecule has 2 bridgehead atoms. The van der Waals surface area contributed by atoms with E-state index in [9.17, 15) is 23.2 Å². The average Bonchev–Trinajstić information content (AvgIpc) is 3.10. The summed E-state index contributed by atoms with van der Waals surface area (Å²) >= 11 is 0. The van der Waals surface area contributed by atoms with Crippen LogP contribution in [0.3, 0.4) is 0 Å². The van der Waals surface area contributed by atoms with Crippen LogP contribution in [-0.2, 0) is 4.79 Å². The average molecular weight is 473 g/mol. The molecule has 34 heavy (non-hydrogen) atoms. The molecule has 0 aliphatic carbocycles. The Hall–Kier alpha value is -3.49. The lowest BCUT2D eigenvalue weighted by Crippen LogP contribution is -2.50. The first-order valence-electron chi connectivity index (χ1n) is 11.3. The van der Waals surface area contributed by atoms with Gasteiger partial charge >= 0.3 is 12.1 Å². The Morgan fingerprint density at radius 2 is 1.68 bits per heavy atom. The first-order valence-corrected chi connectivity index (χ1v) is 11.3. The Bertz CT molecular complexity index is 1160. The molecular weight excluding hydrogens is 447 g/mol. The Kier molecular flexibility index (Phi) is 6.29. The lowest BCUT2D eigenvalue weighted by atomic mass is 9.83. The van der Waals surface area contributed by atoms with Crippen molar-refractivity contribution in [3.05, 3.63) is 64.7 Å². The standard InChI is InChI=1S/C23H20F3N3O3.C2H6/c24-23(25,26)22(30)29-13-8-9-14(29)11-12(10-13)19-15-4-1-2-7-18(15)32-20-16(19)5-3-6-17(20)21(27)28-31;1-2/h1-7,13-14,31H,8-11H2,(H2,27,28);1-2H3. The predicted octanol–water partition coefficient (Wildman–Crippen LogP) is 5.43. The minimum absolute atomic E-state index is 0.101. The van der Waals surface area contributed by atoms with E-state index in [0.29, 0.717) is 42.7 Å². The third kappa shape index (κ3) is 3.89. The van der Waals surface area contributed by atoms with Crippen molar-refractivity contribution in [1.29, 1.82) is 0 Å². The van der Waals surface area contributed by atoms with Gasteiger partial charge in [0, 0.05) is 23.2 Å². The molecule has 9 heteroatoms. The molecule has 2 aromatic carbocycles. The van der Waals surface area contributed by atoms with Crippen molar-refractivity contribution >= 4 is 17.3 Å². The number of amidine groups is 1. The van der Waals surface area contributed by atoms with Crippen LogP contribution >= 0.6 is 0 Å². The second kappa shape index (κ2) is 9.04. The number of halogens is 3. The zero-order chi connectivity index (χ0) is 24.6. The fourth-order valence-electron chi connectivity index (χ4n) is 5.19. The first-order chi connectivity index (χ1) is 16.3. The smallest absolute Gasteiger partial charge is 0.455 e. The highest BCUT2D eigenvalue weighted by atomic mass is 19.4. The van der Waals surface area contributed by atoms with Crippen molar-refractivity contribution in [2.24, 2.45) is 10.9 Å². The molecular formula is C25H26F3N3O3. The summed E-state index contributed by atoms with van der Waals surface area (Å²) in [5.41, 5.74) is 9.72. The molecule has 2 saturated heterocycles. The van der Waals surface area contributed by atoms with Crippen molar-refractivity contribution in [2.45, 2.75) is 57.8 Å². The van der Waals surface area contributed by atoms with Gasteiger partial charge in [-0.05, 0) is 43.4 Å². The van der Waals surface area contributed by atoms with Crippen molar-refractivity contribution in [3.8, 4) is 11.5 Å². The number of nitrogens with two attached hydrogens (primary N) is 1. The maximum atomic E-state index is 13.1. The Morgan fingerprint density at radius 1 is 1.06 bits per heavy atom. The summed E-state index contributed by atoms with van der Waals surface area (Å²) in [7, 11) is 0. The molecule has 2 aromatic rings. The number of nitrogens with zero attached hydrogens (tertiary/aromatic N) is 2. The molecule has 0 spiro atoms. The van der Waals surface area contributed by atoms with Crippen LogP contribution in [0.1, 0.15) is 56.2 Å². The van der Waals surface area contributed by atoms with Crippen molar-refractivity contribution in [2.75, 3.05) is 0 Å². The van der Waals surface area contributed by atoms with E-state index in [1.54, 1.807) is 18.2 Å². The van der Waals surface area contributed by atoms with Gasteiger partial charge < -0.3 is 20.6 Å². The fraction of sp³-hybridized carbons (Fsp3) is 0.360. The van der Waals surface area contributed by atoms with Crippen LogP contribution < -0.4 is 10.5 Å². The normalized spacial score (nSPS) is 21.2. The Morgan fingerprint density at radius 3 is 2.29 bits per heavy atom. The maximum Gasteiger partial charge on any atom is 0.471 e. The number of ether oxygens (including phenoxy) is 1. The molecule has 3 aliphatic heterocycles. The zero-order valence-corrected chi connectivity index (χ0v) is 18.9. The van der Waals surface area contributed by atoms with Crippen LogP contribution in [0, 0.1) is 0 Å². The monoisotopic (exact) mass is 473 g/mol. The quantitative estimate of drug-likeness (QED) is 0.214. The molecule has 6 nitrogen and oxygen atoms in total. The largest absolute Gasteiger partial charge is 0.471 e. The van der Waals surface area contributed by atoms with Gasteiger partial charge in [0.1, 0.15) is 11.5 Å². The lowest BCUT2D eigenvalue weighted by Gasteiger charge is -2.38. The first kappa shape index (κ1) is 23.7. The van der Waals surface area contributed by atoms with Gasteiger partial charge in [-0.25, -0.2) is 0 Å². The molecule has 3 heterocycles. The number of para-hydroxylation sites is 2. The molecule has 180 valence electrons. The van der Waals surface area contributed by atoms with Crippen LogP contribution in [0.5, 0.6) is 11.5 Å². The van der Waals surface area contributed by atoms with Gasteiger partial charge in [0.15, 0.2) is 5.84 Å². The number of carbonyl (C=O) groups is 1. The summed E-state index contributed by atoms with van der Waals surface area (Å²) in [5, 5.41) is 12.3. The van der Waals surface area contributed by atoms with Crippen LogP contribution in [0.25, 0.3) is 5.57 Å². The molecule has 3 N–H and O–H groups in total. The van der Waals surface area contributed by atoms with Crippen molar-refractivity contribution < 1.29 is 27.9 Å². The molecule has 2 atom stereocenters. The highest BCUT2D eigenvalue weighted by molar-refractivity contribution is 6.03. The van der Waals surface area contributed by atoms with Gasteiger partial charge in [0.25, 0.3) is 0 Å².